The van der Waals surface area contributed by atoms with Gasteiger partial charge in [-0.2, -0.15) is 0 Å². The lowest BCUT2D eigenvalue weighted by molar-refractivity contribution is -0.138. The molecule has 51 heavy (non-hydrogen) atoms. The molecule has 4 heterocycles. The van der Waals surface area contributed by atoms with Crippen LogP contribution in [-0.4, -0.2) is 103 Å². The van der Waals surface area contributed by atoms with E-state index in [1.54, 1.807) is 0 Å². The summed E-state index contributed by atoms with van der Waals surface area (Å²) in [5.74, 6) is 0.472. The highest BCUT2D eigenvalue weighted by Crippen LogP contribution is 2.27. The van der Waals surface area contributed by atoms with Crippen LogP contribution in [0.5, 0.6) is 0 Å². The van der Waals surface area contributed by atoms with Gasteiger partial charge in [-0.15, -0.1) is 0 Å². The number of carbonyl (C=O) groups is 2. The number of anilines is 3. The Balaban J connectivity index is 0.000000302. The molecular weight excluding hydrogens is 642 g/mol. The van der Waals surface area contributed by atoms with Crippen LogP contribution in [0.1, 0.15) is 88.3 Å². The summed E-state index contributed by atoms with van der Waals surface area (Å²) in [6.07, 6.45) is 18.1. The van der Waals surface area contributed by atoms with Crippen molar-refractivity contribution in [1.82, 2.24) is 25.2 Å². The Morgan fingerprint density at radius 3 is 2.47 bits per heavy atom. The van der Waals surface area contributed by atoms with Crippen LogP contribution in [-0.2, 0) is 22.4 Å². The summed E-state index contributed by atoms with van der Waals surface area (Å²) in [6, 6.07) is 9.42. The Hall–Kier alpha value is -3.87. The molecular formula is C39H61N9O3. The smallest absolute Gasteiger partial charge is 0.326 e. The van der Waals surface area contributed by atoms with E-state index >= 15 is 0 Å². The molecule has 2 aromatic heterocycles. The second-order valence-electron chi connectivity index (χ2n) is 13.7. The van der Waals surface area contributed by atoms with Crippen molar-refractivity contribution in [2.75, 3.05) is 74.9 Å². The zero-order valence-electron chi connectivity index (χ0n) is 30.8. The number of hydrogen-bond acceptors (Lipinski definition) is 11. The van der Waals surface area contributed by atoms with E-state index in [0.29, 0.717) is 12.1 Å². The minimum atomic E-state index is -1.08. The number of unbranched alkanes of at least 4 members (excludes halogenated alkanes) is 8. The first-order valence-corrected chi connectivity index (χ1v) is 19.2. The number of nitrogens with one attached hydrogen (secondary N) is 3. The second kappa shape index (κ2) is 22.8. The average Bonchev–Trinajstić information content (AvgIpc) is 3.16. The molecule has 6 N–H and O–H groups in total. The number of nitrogens with two attached hydrogens (primary N) is 1. The molecule has 3 aromatic rings. The zero-order chi connectivity index (χ0) is 36.1. The molecule has 2 aliphatic rings. The Bertz CT molecular complexity index is 1470. The maximum Gasteiger partial charge on any atom is 0.326 e. The van der Waals surface area contributed by atoms with E-state index in [0.717, 1.165) is 87.6 Å². The van der Waals surface area contributed by atoms with Crippen molar-refractivity contribution in [2.45, 2.75) is 95.9 Å². The van der Waals surface area contributed by atoms with Crippen LogP contribution >= 0.6 is 0 Å². The first-order valence-electron chi connectivity index (χ1n) is 19.2. The van der Waals surface area contributed by atoms with Gasteiger partial charge in [-0.1, -0.05) is 44.6 Å². The minimum Gasteiger partial charge on any atom is -0.480 e. The zero-order valence-corrected chi connectivity index (χ0v) is 30.8. The number of carboxylic acids is 1. The van der Waals surface area contributed by atoms with Gasteiger partial charge in [0, 0.05) is 55.9 Å². The van der Waals surface area contributed by atoms with Gasteiger partial charge in [0.2, 0.25) is 0 Å². The molecule has 0 spiro atoms. The number of piperazine rings is 1. The van der Waals surface area contributed by atoms with Crippen LogP contribution in [0, 0.1) is 0 Å². The maximum absolute atomic E-state index is 11.5. The van der Waals surface area contributed by atoms with Crippen LogP contribution in [0.15, 0.2) is 36.7 Å². The fraction of sp³-hybridized carbons (Fsp3) is 0.615. The van der Waals surface area contributed by atoms with Crippen molar-refractivity contribution in [3.63, 3.8) is 0 Å². The highest BCUT2D eigenvalue weighted by Gasteiger charge is 2.21. The van der Waals surface area contributed by atoms with E-state index < -0.39 is 12.0 Å². The van der Waals surface area contributed by atoms with Crippen LogP contribution in [0.2, 0.25) is 0 Å². The van der Waals surface area contributed by atoms with Gasteiger partial charge in [0.05, 0.1) is 5.52 Å². The Kier molecular flexibility index (Phi) is 17.9. The molecule has 0 amide bonds. The third kappa shape index (κ3) is 13.6. The number of aryl methyl sites for hydroxylation is 2. The first kappa shape index (κ1) is 39.9. The molecule has 2 aliphatic heterocycles. The number of hydrogen-bond donors (Lipinski definition) is 5. The minimum absolute atomic E-state index is 0.128. The number of rotatable bonds is 21. The molecule has 1 unspecified atom stereocenters. The Morgan fingerprint density at radius 1 is 0.980 bits per heavy atom. The van der Waals surface area contributed by atoms with Gasteiger partial charge in [0.15, 0.2) is 0 Å². The third-order valence-electron chi connectivity index (χ3n) is 9.79. The molecule has 0 saturated carbocycles. The summed E-state index contributed by atoms with van der Waals surface area (Å²) >= 11 is 0. The van der Waals surface area contributed by atoms with Crippen LogP contribution in [0.25, 0.3) is 10.9 Å². The second-order valence-corrected chi connectivity index (χ2v) is 13.7. The van der Waals surface area contributed by atoms with Crippen molar-refractivity contribution < 1.29 is 14.7 Å². The molecule has 12 heteroatoms. The summed E-state index contributed by atoms with van der Waals surface area (Å²) in [7, 11) is 2.00. The van der Waals surface area contributed by atoms with Gasteiger partial charge >= 0.3 is 5.97 Å². The molecule has 0 aliphatic carbocycles. The van der Waals surface area contributed by atoms with Gasteiger partial charge in [-0.25, -0.2) is 19.7 Å². The fourth-order valence-electron chi connectivity index (χ4n) is 6.73. The molecule has 1 aromatic carbocycles. The number of benzene rings is 1. The number of carbonyl (C=O) groups excluding carboxylic acids is 1. The van der Waals surface area contributed by atoms with Gasteiger partial charge in [-0.3, -0.25) is 4.90 Å². The molecule has 0 bridgehead atoms. The van der Waals surface area contributed by atoms with Gasteiger partial charge in [0.1, 0.15) is 30.3 Å². The first-order chi connectivity index (χ1) is 25.0. The highest BCUT2D eigenvalue weighted by molar-refractivity contribution is 5.93. The molecule has 5 rings (SSSR count). The van der Waals surface area contributed by atoms with E-state index in [2.05, 4.69) is 58.9 Å². The lowest BCUT2D eigenvalue weighted by atomic mass is 10.1. The summed E-state index contributed by atoms with van der Waals surface area (Å²) in [6.45, 7) is 8.12. The number of carboxylic acid groups (broad SMARTS) is 1. The van der Waals surface area contributed by atoms with Crippen molar-refractivity contribution in [3.05, 3.63) is 47.9 Å². The van der Waals surface area contributed by atoms with E-state index in [-0.39, 0.29) is 6.42 Å². The normalized spacial score (nSPS) is 15.0. The number of aliphatic carboxylic acids is 1. The number of aromatic nitrogens is 3. The summed E-state index contributed by atoms with van der Waals surface area (Å²) in [5, 5.41) is 19.6. The Morgan fingerprint density at radius 2 is 1.75 bits per heavy atom. The predicted molar refractivity (Wildman–Crippen MR) is 208 cm³/mol. The standard InChI is InChI=1S/C26H40N6O3.C13H21N3/c27-12-7-5-3-1-2-4-6-8-13-31-14-16-32(17-15-31)21-9-10-23-22(19-21)25(29-20-28-23)30-24(11-18-33)26(34)35;1-14-9-3-2-6-12-8-7-11-5-4-10-15-13(11)16-12/h9-10,18-20,24H,1-8,11-17,27H2,(H,34,35)(H,28,29,30);7-8,14H,2-6,9-10H2,1H3,(H,15,16). The molecule has 1 fully saturated rings. The van der Waals surface area contributed by atoms with Crippen molar-refractivity contribution >= 4 is 40.5 Å². The number of fused-ring (bicyclic) bond motifs is 2. The topological polar surface area (TPSA) is 162 Å². The lowest BCUT2D eigenvalue weighted by Gasteiger charge is -2.36. The molecule has 12 nitrogen and oxygen atoms in total. The van der Waals surface area contributed by atoms with Crippen LogP contribution < -0.4 is 26.6 Å². The SMILES string of the molecule is CNCCCCc1ccc2c(n1)NCCC2.NCCCCCCCCCCN1CCN(c2ccc3ncnc(NC(CC=O)C(=O)O)c3c2)CC1. The van der Waals surface area contributed by atoms with Crippen LogP contribution in [0.3, 0.4) is 0 Å². The van der Waals surface area contributed by atoms with Gasteiger partial charge in [-0.05, 0) is 101 Å². The number of pyridine rings is 1. The van der Waals surface area contributed by atoms with E-state index in [9.17, 15) is 14.7 Å². The van der Waals surface area contributed by atoms with E-state index in [1.165, 1.54) is 88.2 Å². The quantitative estimate of drug-likeness (QED) is 0.0724. The average molecular weight is 704 g/mol. The molecule has 280 valence electrons. The molecule has 0 radical (unpaired) electrons. The van der Waals surface area contributed by atoms with Crippen molar-refractivity contribution in [3.8, 4) is 0 Å². The molecule has 1 atom stereocenters. The highest BCUT2D eigenvalue weighted by atomic mass is 16.4. The summed E-state index contributed by atoms with van der Waals surface area (Å²) in [5.41, 5.74) is 9.96. The Labute approximate surface area is 304 Å². The third-order valence-corrected chi connectivity index (χ3v) is 9.79. The molecule has 1 saturated heterocycles. The fourth-order valence-corrected chi connectivity index (χ4v) is 6.73. The monoisotopic (exact) mass is 703 g/mol. The summed E-state index contributed by atoms with van der Waals surface area (Å²) in [4.78, 5) is 40.5. The number of nitrogens with zero attached hydrogens (tertiary/aromatic N) is 5. The van der Waals surface area contributed by atoms with Crippen LogP contribution in [0.4, 0.5) is 17.3 Å². The predicted octanol–water partition coefficient (Wildman–Crippen LogP) is 5.27. The maximum atomic E-state index is 11.5. The van der Waals surface area contributed by atoms with E-state index in [4.69, 9.17) is 5.73 Å². The van der Waals surface area contributed by atoms with Crippen molar-refractivity contribution in [2.24, 2.45) is 5.73 Å². The number of aldehydes is 1. The van der Waals surface area contributed by atoms with Crippen molar-refractivity contribution in [1.29, 1.82) is 0 Å². The van der Waals surface area contributed by atoms with Gasteiger partial charge in [0.25, 0.3) is 0 Å². The lowest BCUT2D eigenvalue weighted by Crippen LogP contribution is -2.46. The van der Waals surface area contributed by atoms with Gasteiger partial charge < -0.3 is 36.5 Å². The van der Waals surface area contributed by atoms with E-state index in [1.807, 2.05) is 19.2 Å². The largest absolute Gasteiger partial charge is 0.480 e. The summed E-state index contributed by atoms with van der Waals surface area (Å²) < 4.78 is 0.